The number of azo groups is 1. The molecule has 2 aromatic rings. The number of phenolic OH excluding ortho intramolecular Hbond substituents is 1. The number of hydrogen-bond donors (Lipinski definition) is 2. The van der Waals surface area contributed by atoms with Crippen molar-refractivity contribution < 1.29 is 47.6 Å². The third-order valence-electron chi connectivity index (χ3n) is 2.26. The molecule has 0 amide bonds. The van der Waals surface area contributed by atoms with E-state index >= 15 is 0 Å². The van der Waals surface area contributed by atoms with Crippen molar-refractivity contribution in [3.8, 4) is 5.75 Å². The molecule has 2 aromatic carbocycles. The van der Waals surface area contributed by atoms with E-state index < -0.39 is 20.8 Å². The molecule has 0 spiro atoms. The quantitative estimate of drug-likeness (QED) is 0.475. The average Bonchev–Trinajstić information content (AvgIpc) is 2.37. The second-order valence-corrected chi connectivity index (χ2v) is 5.05. The van der Waals surface area contributed by atoms with E-state index in [0.717, 1.165) is 12.1 Å². The average molecular weight is 301 g/mol. The van der Waals surface area contributed by atoms with Gasteiger partial charge in [0.05, 0.1) is 11.4 Å². The monoisotopic (exact) mass is 301 g/mol. The molecule has 2 rings (SSSR count). The van der Waals surface area contributed by atoms with Gasteiger partial charge < -0.3 is 5.11 Å². The zero-order valence-corrected chi connectivity index (χ0v) is 13.4. The zero-order chi connectivity index (χ0) is 13.9. The molecule has 0 atom stereocenters. The normalized spacial score (nSPS) is 11.2. The van der Waals surface area contributed by atoms with Crippen molar-refractivity contribution in [1.82, 2.24) is 0 Å². The van der Waals surface area contributed by atoms with E-state index in [-0.39, 0.29) is 35.2 Å². The molecular formula is C12H10N2NaO4S+. The van der Waals surface area contributed by atoms with Crippen LogP contribution < -0.4 is 29.6 Å². The van der Waals surface area contributed by atoms with Crippen molar-refractivity contribution in [1.29, 1.82) is 0 Å². The molecule has 98 valence electrons. The molecule has 8 heteroatoms. The molecular weight excluding hydrogens is 291 g/mol. The molecule has 6 nitrogen and oxygen atoms in total. The van der Waals surface area contributed by atoms with E-state index in [4.69, 9.17) is 4.55 Å². The van der Waals surface area contributed by atoms with Crippen LogP contribution in [0.1, 0.15) is 0 Å². The number of aromatic hydroxyl groups is 1. The predicted octanol–water partition coefficient (Wildman–Crippen LogP) is 0.0583. The summed E-state index contributed by atoms with van der Waals surface area (Å²) in [4.78, 5) is -0.600. The Bertz CT molecular complexity index is 717. The number of phenols is 1. The van der Waals surface area contributed by atoms with Gasteiger partial charge in [0.15, 0.2) is 0 Å². The number of rotatable bonds is 3. The van der Waals surface area contributed by atoms with Gasteiger partial charge in [-0.3, -0.25) is 4.55 Å². The van der Waals surface area contributed by atoms with Gasteiger partial charge in [0.2, 0.25) is 0 Å². The maximum absolute atomic E-state index is 11.0. The first-order valence-electron chi connectivity index (χ1n) is 5.24. The summed E-state index contributed by atoms with van der Waals surface area (Å²) in [6.07, 6.45) is 0. The van der Waals surface area contributed by atoms with Crippen molar-refractivity contribution in [2.75, 3.05) is 0 Å². The molecule has 0 aliphatic heterocycles. The minimum Gasteiger partial charge on any atom is -0.506 e. The zero-order valence-electron chi connectivity index (χ0n) is 10.6. The Morgan fingerprint density at radius 3 is 2.10 bits per heavy atom. The Kier molecular flexibility index (Phi) is 5.85. The first-order valence-corrected chi connectivity index (χ1v) is 6.68. The summed E-state index contributed by atoms with van der Waals surface area (Å²) in [5.74, 6) is -0.541. The van der Waals surface area contributed by atoms with E-state index in [0.29, 0.717) is 5.69 Å². The summed E-state index contributed by atoms with van der Waals surface area (Å²) in [6, 6.07) is 12.4. The molecule has 0 aliphatic carbocycles. The van der Waals surface area contributed by atoms with Crippen molar-refractivity contribution in [3.63, 3.8) is 0 Å². The molecule has 0 unspecified atom stereocenters. The summed E-state index contributed by atoms with van der Waals surface area (Å²) in [5.41, 5.74) is 0.804. The van der Waals surface area contributed by atoms with Crippen LogP contribution in [0.3, 0.4) is 0 Å². The van der Waals surface area contributed by atoms with Crippen molar-refractivity contribution in [3.05, 3.63) is 48.5 Å². The summed E-state index contributed by atoms with van der Waals surface area (Å²) >= 11 is 0. The maximum Gasteiger partial charge on any atom is 1.00 e. The first-order chi connectivity index (χ1) is 8.97. The molecule has 0 aromatic heterocycles. The van der Waals surface area contributed by atoms with Crippen LogP contribution in [0, 0.1) is 0 Å². The van der Waals surface area contributed by atoms with Crippen molar-refractivity contribution in [2.24, 2.45) is 10.2 Å². The molecule has 2 N–H and O–H groups in total. The predicted molar refractivity (Wildman–Crippen MR) is 68.5 cm³/mol. The second kappa shape index (κ2) is 6.96. The third kappa shape index (κ3) is 4.39. The van der Waals surface area contributed by atoms with Crippen LogP contribution in [-0.2, 0) is 10.1 Å². The standard InChI is InChI=1S/C12H10N2O4S.Na/c15-11-7-6-10(8-12(11)19(16,17)18)14-13-9-4-2-1-3-5-9;/h1-8,15H,(H,16,17,18);/q;+1. The Morgan fingerprint density at radius 1 is 0.900 bits per heavy atom. The van der Waals surface area contributed by atoms with Gasteiger partial charge in [-0.05, 0) is 30.3 Å². The molecule has 0 saturated carbocycles. The molecule has 0 saturated heterocycles. The van der Waals surface area contributed by atoms with Crippen LogP contribution in [0.25, 0.3) is 0 Å². The summed E-state index contributed by atoms with van der Waals surface area (Å²) < 4.78 is 30.9. The SMILES string of the molecule is O=S(=O)(O)c1cc(N=Nc2ccccc2)ccc1O.[Na+]. The summed E-state index contributed by atoms with van der Waals surface area (Å²) in [6.45, 7) is 0. The second-order valence-electron chi connectivity index (χ2n) is 3.66. The van der Waals surface area contributed by atoms with Gasteiger partial charge in [-0.2, -0.15) is 18.6 Å². The van der Waals surface area contributed by atoms with Crippen molar-refractivity contribution >= 4 is 21.5 Å². The minimum absolute atomic E-state index is 0. The Morgan fingerprint density at radius 2 is 1.50 bits per heavy atom. The smallest absolute Gasteiger partial charge is 0.506 e. The number of benzene rings is 2. The van der Waals surface area contributed by atoms with Crippen LogP contribution in [0.2, 0.25) is 0 Å². The van der Waals surface area contributed by atoms with Crippen LogP contribution in [-0.4, -0.2) is 18.1 Å². The van der Waals surface area contributed by atoms with Crippen LogP contribution in [0.15, 0.2) is 63.7 Å². The molecule has 0 bridgehead atoms. The van der Waals surface area contributed by atoms with Gasteiger partial charge in [-0.15, -0.1) is 0 Å². The van der Waals surface area contributed by atoms with E-state index in [2.05, 4.69) is 10.2 Å². The van der Waals surface area contributed by atoms with Crippen LogP contribution in [0.4, 0.5) is 11.4 Å². The Hall–Kier alpha value is -1.25. The Labute approximate surface area is 138 Å². The van der Waals surface area contributed by atoms with E-state index in [9.17, 15) is 13.5 Å². The van der Waals surface area contributed by atoms with E-state index in [1.54, 1.807) is 24.3 Å². The largest absolute Gasteiger partial charge is 1.00 e. The third-order valence-corrected chi connectivity index (χ3v) is 3.14. The van der Waals surface area contributed by atoms with E-state index in [1.165, 1.54) is 6.07 Å². The maximum atomic E-state index is 11.0. The molecule has 0 radical (unpaired) electrons. The fourth-order valence-electron chi connectivity index (χ4n) is 1.38. The first kappa shape index (κ1) is 16.8. The van der Waals surface area contributed by atoms with Gasteiger partial charge in [0, 0.05) is 0 Å². The van der Waals surface area contributed by atoms with Gasteiger partial charge in [0.25, 0.3) is 10.1 Å². The van der Waals surface area contributed by atoms with Crippen LogP contribution in [0.5, 0.6) is 5.75 Å². The molecule has 0 fully saturated rings. The van der Waals surface area contributed by atoms with E-state index in [1.807, 2.05) is 6.07 Å². The molecule has 0 aliphatic rings. The van der Waals surface area contributed by atoms with Crippen LogP contribution >= 0.6 is 0 Å². The van der Waals surface area contributed by atoms with Gasteiger partial charge >= 0.3 is 29.6 Å². The topological polar surface area (TPSA) is 99.3 Å². The molecule has 0 heterocycles. The minimum atomic E-state index is -4.49. The Balaban J connectivity index is 0.00000200. The van der Waals surface area contributed by atoms with Gasteiger partial charge in [-0.25, -0.2) is 0 Å². The number of hydrogen-bond acceptors (Lipinski definition) is 5. The number of nitrogens with zero attached hydrogens (tertiary/aromatic N) is 2. The fourth-order valence-corrected chi connectivity index (χ4v) is 1.98. The summed E-state index contributed by atoms with van der Waals surface area (Å²) in [5, 5.41) is 17.1. The van der Waals surface area contributed by atoms with Crippen molar-refractivity contribution in [2.45, 2.75) is 4.90 Å². The molecule has 20 heavy (non-hydrogen) atoms. The summed E-state index contributed by atoms with van der Waals surface area (Å²) in [7, 11) is -4.49. The fraction of sp³-hybridized carbons (Fsp3) is 0. The van der Waals surface area contributed by atoms with Gasteiger partial charge in [0.1, 0.15) is 10.6 Å². The van der Waals surface area contributed by atoms with Gasteiger partial charge in [-0.1, -0.05) is 18.2 Å².